The Hall–Kier alpha value is -1.70. The summed E-state index contributed by atoms with van der Waals surface area (Å²) in [5, 5.41) is 2.35. The number of ether oxygens (including phenoxy) is 2. The molecule has 0 aliphatic heterocycles. The lowest BCUT2D eigenvalue weighted by Crippen LogP contribution is -1.98. The standard InChI is InChI=1S/C20H28O2/c1-3-5-7-14-21-18-12-13-19-17(16-18)10-9-11-20(19)22-15-8-6-4-2/h9-13,16H,3-8,14-15H2,1-2H3. The summed E-state index contributed by atoms with van der Waals surface area (Å²) in [6.07, 6.45) is 7.13. The first kappa shape index (κ1) is 16.7. The number of hydrogen-bond acceptors (Lipinski definition) is 2. The molecule has 2 nitrogen and oxygen atoms in total. The second-order valence-corrected chi connectivity index (χ2v) is 5.75. The molecule has 0 fully saturated rings. The minimum absolute atomic E-state index is 0.794. The fourth-order valence-electron chi connectivity index (χ4n) is 2.52. The van der Waals surface area contributed by atoms with Gasteiger partial charge < -0.3 is 9.47 Å². The number of unbranched alkanes of at least 4 members (excludes halogenated alkanes) is 4. The fourth-order valence-corrected chi connectivity index (χ4v) is 2.52. The van der Waals surface area contributed by atoms with Gasteiger partial charge in [0.05, 0.1) is 13.2 Å². The summed E-state index contributed by atoms with van der Waals surface area (Å²) in [7, 11) is 0. The summed E-state index contributed by atoms with van der Waals surface area (Å²) in [6.45, 7) is 6.01. The molecule has 0 aliphatic carbocycles. The van der Waals surface area contributed by atoms with Crippen molar-refractivity contribution < 1.29 is 9.47 Å². The van der Waals surface area contributed by atoms with Crippen LogP contribution in [-0.4, -0.2) is 13.2 Å². The molecule has 0 saturated heterocycles. The molecule has 0 bridgehead atoms. The molecule has 0 aromatic heterocycles. The summed E-state index contributed by atoms with van der Waals surface area (Å²) in [4.78, 5) is 0. The van der Waals surface area contributed by atoms with Gasteiger partial charge in [0.25, 0.3) is 0 Å². The number of benzene rings is 2. The van der Waals surface area contributed by atoms with Crippen molar-refractivity contribution in [1.82, 2.24) is 0 Å². The van der Waals surface area contributed by atoms with Crippen molar-refractivity contribution >= 4 is 10.8 Å². The van der Waals surface area contributed by atoms with Crippen LogP contribution in [-0.2, 0) is 0 Å². The highest BCUT2D eigenvalue weighted by Gasteiger charge is 2.04. The Labute approximate surface area is 134 Å². The van der Waals surface area contributed by atoms with E-state index >= 15 is 0 Å². The molecule has 0 atom stereocenters. The van der Waals surface area contributed by atoms with Crippen LogP contribution in [0, 0.1) is 0 Å². The SMILES string of the molecule is CCCCCOc1ccc2c(OCCCCC)cccc2c1. The van der Waals surface area contributed by atoms with Gasteiger partial charge >= 0.3 is 0 Å². The lowest BCUT2D eigenvalue weighted by molar-refractivity contribution is 0.306. The molecule has 0 amide bonds. The summed E-state index contributed by atoms with van der Waals surface area (Å²) >= 11 is 0. The van der Waals surface area contributed by atoms with E-state index in [2.05, 4.69) is 44.2 Å². The van der Waals surface area contributed by atoms with E-state index in [1.165, 1.54) is 36.5 Å². The Morgan fingerprint density at radius 3 is 2.23 bits per heavy atom. The molecule has 0 spiro atoms. The van der Waals surface area contributed by atoms with Gasteiger partial charge in [-0.2, -0.15) is 0 Å². The number of fused-ring (bicyclic) bond motifs is 1. The first-order chi connectivity index (χ1) is 10.8. The third-order valence-electron chi connectivity index (χ3n) is 3.83. The van der Waals surface area contributed by atoms with E-state index < -0.39 is 0 Å². The topological polar surface area (TPSA) is 18.5 Å². The number of hydrogen-bond donors (Lipinski definition) is 0. The molecular weight excluding hydrogens is 272 g/mol. The minimum Gasteiger partial charge on any atom is -0.494 e. The van der Waals surface area contributed by atoms with E-state index in [9.17, 15) is 0 Å². The van der Waals surface area contributed by atoms with Gasteiger partial charge in [-0.15, -0.1) is 0 Å². The predicted octanol–water partition coefficient (Wildman–Crippen LogP) is 5.98. The maximum absolute atomic E-state index is 5.93. The zero-order valence-electron chi connectivity index (χ0n) is 13.9. The molecule has 0 saturated carbocycles. The molecule has 0 heterocycles. The maximum Gasteiger partial charge on any atom is 0.127 e. The molecule has 2 aromatic carbocycles. The van der Waals surface area contributed by atoms with Crippen molar-refractivity contribution in [3.05, 3.63) is 36.4 Å². The second-order valence-electron chi connectivity index (χ2n) is 5.75. The van der Waals surface area contributed by atoms with Crippen LogP contribution in [0.1, 0.15) is 52.4 Å². The lowest BCUT2D eigenvalue weighted by Gasteiger charge is -2.11. The molecule has 2 aromatic rings. The Bertz CT molecular complexity index is 563. The van der Waals surface area contributed by atoms with E-state index in [1.807, 2.05) is 6.07 Å². The average Bonchev–Trinajstić information content (AvgIpc) is 2.55. The molecule has 0 N–H and O–H groups in total. The third kappa shape index (κ3) is 4.94. The molecular formula is C20H28O2. The van der Waals surface area contributed by atoms with Crippen molar-refractivity contribution in [2.75, 3.05) is 13.2 Å². The molecule has 0 unspecified atom stereocenters. The van der Waals surface area contributed by atoms with E-state index in [-0.39, 0.29) is 0 Å². The first-order valence-corrected chi connectivity index (χ1v) is 8.63. The predicted molar refractivity (Wildman–Crippen MR) is 94.0 cm³/mol. The average molecular weight is 300 g/mol. The van der Waals surface area contributed by atoms with Crippen LogP contribution in [0.4, 0.5) is 0 Å². The smallest absolute Gasteiger partial charge is 0.127 e. The monoisotopic (exact) mass is 300 g/mol. The van der Waals surface area contributed by atoms with E-state index in [4.69, 9.17) is 9.47 Å². The maximum atomic E-state index is 5.93. The molecule has 2 rings (SSSR count). The summed E-state index contributed by atoms with van der Waals surface area (Å²) < 4.78 is 11.8. The Morgan fingerprint density at radius 2 is 1.50 bits per heavy atom. The van der Waals surface area contributed by atoms with Crippen LogP contribution < -0.4 is 9.47 Å². The van der Waals surface area contributed by atoms with E-state index in [1.54, 1.807) is 0 Å². The van der Waals surface area contributed by atoms with Crippen LogP contribution in [0.25, 0.3) is 10.8 Å². The van der Waals surface area contributed by atoms with Crippen LogP contribution in [0.3, 0.4) is 0 Å². The summed E-state index contributed by atoms with van der Waals surface area (Å²) in [5.41, 5.74) is 0. The Morgan fingerprint density at radius 1 is 0.773 bits per heavy atom. The first-order valence-electron chi connectivity index (χ1n) is 8.63. The Balaban J connectivity index is 2.00. The molecule has 22 heavy (non-hydrogen) atoms. The van der Waals surface area contributed by atoms with Crippen LogP contribution in [0.2, 0.25) is 0 Å². The fraction of sp³-hybridized carbons (Fsp3) is 0.500. The van der Waals surface area contributed by atoms with Crippen molar-refractivity contribution in [3.8, 4) is 11.5 Å². The quantitative estimate of drug-likeness (QED) is 0.503. The van der Waals surface area contributed by atoms with Gasteiger partial charge in [0, 0.05) is 5.39 Å². The molecule has 2 heteroatoms. The van der Waals surface area contributed by atoms with Gasteiger partial charge in [-0.05, 0) is 42.5 Å². The van der Waals surface area contributed by atoms with E-state index in [0.29, 0.717) is 0 Å². The highest BCUT2D eigenvalue weighted by atomic mass is 16.5. The minimum atomic E-state index is 0.794. The Kier molecular flexibility index (Phi) is 7.08. The zero-order chi connectivity index (χ0) is 15.6. The van der Waals surface area contributed by atoms with Gasteiger partial charge in [0.15, 0.2) is 0 Å². The summed E-state index contributed by atoms with van der Waals surface area (Å²) in [6, 6.07) is 12.5. The van der Waals surface area contributed by atoms with Crippen molar-refractivity contribution in [2.24, 2.45) is 0 Å². The molecule has 0 aliphatic rings. The second kappa shape index (κ2) is 9.34. The zero-order valence-corrected chi connectivity index (χ0v) is 13.9. The highest BCUT2D eigenvalue weighted by Crippen LogP contribution is 2.29. The van der Waals surface area contributed by atoms with Crippen LogP contribution in [0.15, 0.2) is 36.4 Å². The van der Waals surface area contributed by atoms with Gasteiger partial charge in [-0.3, -0.25) is 0 Å². The largest absolute Gasteiger partial charge is 0.494 e. The molecule has 0 radical (unpaired) electrons. The van der Waals surface area contributed by atoms with E-state index in [0.717, 1.165) is 37.6 Å². The normalized spacial score (nSPS) is 10.8. The van der Waals surface area contributed by atoms with Crippen LogP contribution in [0.5, 0.6) is 11.5 Å². The highest BCUT2D eigenvalue weighted by molar-refractivity contribution is 5.89. The van der Waals surface area contributed by atoms with Gasteiger partial charge in [-0.25, -0.2) is 0 Å². The van der Waals surface area contributed by atoms with Gasteiger partial charge in [0.1, 0.15) is 11.5 Å². The van der Waals surface area contributed by atoms with Gasteiger partial charge in [-0.1, -0.05) is 51.7 Å². The van der Waals surface area contributed by atoms with Gasteiger partial charge in [0.2, 0.25) is 0 Å². The third-order valence-corrected chi connectivity index (χ3v) is 3.83. The van der Waals surface area contributed by atoms with Crippen LogP contribution >= 0.6 is 0 Å². The number of rotatable bonds is 10. The van der Waals surface area contributed by atoms with Crippen molar-refractivity contribution in [1.29, 1.82) is 0 Å². The summed E-state index contributed by atoms with van der Waals surface area (Å²) in [5.74, 6) is 1.93. The van der Waals surface area contributed by atoms with Crippen molar-refractivity contribution in [3.63, 3.8) is 0 Å². The molecule has 120 valence electrons. The lowest BCUT2D eigenvalue weighted by atomic mass is 10.1. The van der Waals surface area contributed by atoms with Crippen molar-refractivity contribution in [2.45, 2.75) is 52.4 Å².